The van der Waals surface area contributed by atoms with Gasteiger partial charge in [-0.15, -0.1) is 0 Å². The molecule has 34 heavy (non-hydrogen) atoms. The molecule has 2 aromatic carbocycles. The number of nitrogens with zero attached hydrogens (tertiary/aromatic N) is 1. The SMILES string of the molecule is CCOc1ccc(C2/C(=C(\O)c3cc(OC)ccc3OC)C(=O)C(=O)N2CCOC)cc1OC. The second-order valence-corrected chi connectivity index (χ2v) is 7.39. The summed E-state index contributed by atoms with van der Waals surface area (Å²) in [4.78, 5) is 27.6. The van der Waals surface area contributed by atoms with Gasteiger partial charge in [-0.1, -0.05) is 6.07 Å². The number of ether oxygens (including phenoxy) is 5. The van der Waals surface area contributed by atoms with Crippen molar-refractivity contribution in [1.82, 2.24) is 4.90 Å². The Morgan fingerprint density at radius 3 is 2.26 bits per heavy atom. The summed E-state index contributed by atoms with van der Waals surface area (Å²) in [6.45, 7) is 2.65. The fourth-order valence-electron chi connectivity index (χ4n) is 3.92. The number of hydrogen-bond acceptors (Lipinski definition) is 8. The summed E-state index contributed by atoms with van der Waals surface area (Å²) in [5, 5.41) is 11.3. The number of amides is 1. The number of hydrogen-bond donors (Lipinski definition) is 1. The number of likely N-dealkylation sites (tertiary alicyclic amines) is 1. The summed E-state index contributed by atoms with van der Waals surface area (Å²) >= 11 is 0. The van der Waals surface area contributed by atoms with Gasteiger partial charge in [-0.05, 0) is 42.8 Å². The molecule has 1 unspecified atom stereocenters. The molecule has 2 aromatic rings. The first kappa shape index (κ1) is 24.9. The van der Waals surface area contributed by atoms with Crippen molar-refractivity contribution in [3.63, 3.8) is 0 Å². The molecule has 1 aliphatic rings. The van der Waals surface area contributed by atoms with E-state index >= 15 is 0 Å². The number of aliphatic hydroxyl groups is 1. The Labute approximate surface area is 198 Å². The molecular weight excluding hydrogens is 442 g/mol. The van der Waals surface area contributed by atoms with E-state index in [0.717, 1.165) is 0 Å². The van der Waals surface area contributed by atoms with Crippen molar-refractivity contribution >= 4 is 17.4 Å². The van der Waals surface area contributed by atoms with Crippen LogP contribution in [0.5, 0.6) is 23.0 Å². The van der Waals surface area contributed by atoms with Gasteiger partial charge in [0.1, 0.15) is 17.3 Å². The average Bonchev–Trinajstić information content (AvgIpc) is 3.11. The van der Waals surface area contributed by atoms with Gasteiger partial charge in [0.2, 0.25) is 0 Å². The Morgan fingerprint density at radius 1 is 0.941 bits per heavy atom. The molecule has 1 aliphatic heterocycles. The Kier molecular flexibility index (Phi) is 8.01. The highest BCUT2D eigenvalue weighted by atomic mass is 16.5. The van der Waals surface area contributed by atoms with Crippen LogP contribution in [0.4, 0.5) is 0 Å². The molecule has 0 bridgehead atoms. The number of rotatable bonds is 10. The van der Waals surface area contributed by atoms with Gasteiger partial charge >= 0.3 is 0 Å². The minimum absolute atomic E-state index is 0.0705. The third kappa shape index (κ3) is 4.65. The highest BCUT2D eigenvalue weighted by molar-refractivity contribution is 6.46. The van der Waals surface area contributed by atoms with Crippen molar-refractivity contribution in [1.29, 1.82) is 0 Å². The molecule has 1 atom stereocenters. The van der Waals surface area contributed by atoms with Crippen LogP contribution in [0.25, 0.3) is 5.76 Å². The number of carbonyl (C=O) groups excluding carboxylic acids is 2. The van der Waals surface area contributed by atoms with Crippen LogP contribution in [-0.4, -0.2) is 69.9 Å². The van der Waals surface area contributed by atoms with Crippen molar-refractivity contribution in [3.05, 3.63) is 53.1 Å². The molecule has 0 aromatic heterocycles. The van der Waals surface area contributed by atoms with Crippen LogP contribution in [0, 0.1) is 0 Å². The number of methoxy groups -OCH3 is 4. The van der Waals surface area contributed by atoms with Gasteiger partial charge in [-0.3, -0.25) is 9.59 Å². The third-order valence-corrected chi connectivity index (χ3v) is 5.54. The highest BCUT2D eigenvalue weighted by Crippen LogP contribution is 2.43. The molecule has 1 amide bonds. The minimum Gasteiger partial charge on any atom is -0.507 e. The molecule has 0 saturated carbocycles. The lowest BCUT2D eigenvalue weighted by atomic mass is 9.94. The molecule has 3 rings (SSSR count). The number of aliphatic hydroxyl groups excluding tert-OH is 1. The fourth-order valence-corrected chi connectivity index (χ4v) is 3.92. The van der Waals surface area contributed by atoms with E-state index in [-0.39, 0.29) is 30.0 Å². The van der Waals surface area contributed by atoms with E-state index in [0.29, 0.717) is 35.2 Å². The van der Waals surface area contributed by atoms with Gasteiger partial charge in [-0.2, -0.15) is 0 Å². The van der Waals surface area contributed by atoms with Crippen LogP contribution in [0.1, 0.15) is 24.1 Å². The normalized spacial score (nSPS) is 17.1. The summed E-state index contributed by atoms with van der Waals surface area (Å²) in [5.74, 6) is -0.172. The number of ketones is 1. The van der Waals surface area contributed by atoms with Crippen LogP contribution in [0.15, 0.2) is 42.0 Å². The van der Waals surface area contributed by atoms with E-state index in [1.54, 1.807) is 36.4 Å². The van der Waals surface area contributed by atoms with E-state index in [4.69, 9.17) is 23.7 Å². The lowest BCUT2D eigenvalue weighted by Crippen LogP contribution is -2.32. The Hall–Kier alpha value is -3.72. The topological polar surface area (TPSA) is 104 Å². The quantitative estimate of drug-likeness (QED) is 0.320. The molecular formula is C25H29NO8. The van der Waals surface area contributed by atoms with E-state index < -0.39 is 17.7 Å². The number of Topliss-reactive ketones (excluding diaryl/α,β-unsaturated/α-hetero) is 1. The summed E-state index contributed by atoms with van der Waals surface area (Å²) in [6.07, 6.45) is 0. The van der Waals surface area contributed by atoms with Crippen molar-refractivity contribution in [2.24, 2.45) is 0 Å². The van der Waals surface area contributed by atoms with Crippen molar-refractivity contribution in [2.75, 3.05) is 48.2 Å². The van der Waals surface area contributed by atoms with Gasteiger partial charge in [0.15, 0.2) is 11.5 Å². The Balaban J connectivity index is 2.24. The van der Waals surface area contributed by atoms with Crippen LogP contribution in [0.3, 0.4) is 0 Å². The average molecular weight is 472 g/mol. The Morgan fingerprint density at radius 2 is 1.65 bits per heavy atom. The molecule has 1 N–H and O–H groups in total. The first-order chi connectivity index (χ1) is 16.4. The maximum atomic E-state index is 13.2. The zero-order valence-electron chi connectivity index (χ0n) is 19.9. The van der Waals surface area contributed by atoms with E-state index in [1.165, 1.54) is 33.3 Å². The van der Waals surface area contributed by atoms with Crippen LogP contribution < -0.4 is 18.9 Å². The summed E-state index contributed by atoms with van der Waals surface area (Å²) in [5.41, 5.74) is 0.729. The first-order valence-corrected chi connectivity index (χ1v) is 10.7. The molecule has 1 saturated heterocycles. The third-order valence-electron chi connectivity index (χ3n) is 5.54. The molecule has 182 valence electrons. The highest BCUT2D eigenvalue weighted by Gasteiger charge is 2.46. The maximum Gasteiger partial charge on any atom is 0.295 e. The first-order valence-electron chi connectivity index (χ1n) is 10.7. The van der Waals surface area contributed by atoms with Gasteiger partial charge in [0, 0.05) is 13.7 Å². The standard InChI is InChI=1S/C25H29NO8/c1-6-34-19-9-7-15(13-20(19)33-5)22-21(24(28)25(29)26(22)11-12-30-2)23(27)17-14-16(31-3)8-10-18(17)32-4/h7-10,13-14,22,27H,6,11-12H2,1-5H3/b23-21+. The lowest BCUT2D eigenvalue weighted by molar-refractivity contribution is -0.140. The smallest absolute Gasteiger partial charge is 0.295 e. The van der Waals surface area contributed by atoms with E-state index in [2.05, 4.69) is 0 Å². The second-order valence-electron chi connectivity index (χ2n) is 7.39. The van der Waals surface area contributed by atoms with E-state index in [9.17, 15) is 14.7 Å². The monoisotopic (exact) mass is 471 g/mol. The van der Waals surface area contributed by atoms with Crippen molar-refractivity contribution < 1.29 is 38.4 Å². The van der Waals surface area contributed by atoms with Gasteiger partial charge in [-0.25, -0.2) is 0 Å². The van der Waals surface area contributed by atoms with Gasteiger partial charge in [0.25, 0.3) is 11.7 Å². The summed E-state index contributed by atoms with van der Waals surface area (Å²) < 4.78 is 26.9. The van der Waals surface area contributed by atoms with Crippen molar-refractivity contribution in [2.45, 2.75) is 13.0 Å². The largest absolute Gasteiger partial charge is 0.507 e. The summed E-state index contributed by atoms with van der Waals surface area (Å²) in [6, 6.07) is 9.09. The van der Waals surface area contributed by atoms with Gasteiger partial charge < -0.3 is 33.7 Å². The Bertz CT molecular complexity index is 1090. The zero-order chi connectivity index (χ0) is 24.8. The van der Waals surface area contributed by atoms with E-state index in [1.807, 2.05) is 6.92 Å². The molecule has 1 fully saturated rings. The lowest BCUT2D eigenvalue weighted by Gasteiger charge is -2.26. The number of benzene rings is 2. The predicted octanol–water partition coefficient (Wildman–Crippen LogP) is 3.18. The molecule has 0 radical (unpaired) electrons. The minimum atomic E-state index is -0.879. The van der Waals surface area contributed by atoms with Crippen LogP contribution in [-0.2, 0) is 14.3 Å². The molecule has 9 nitrogen and oxygen atoms in total. The van der Waals surface area contributed by atoms with Crippen LogP contribution >= 0.6 is 0 Å². The molecule has 0 aliphatic carbocycles. The molecule has 0 spiro atoms. The molecule has 9 heteroatoms. The van der Waals surface area contributed by atoms with Gasteiger partial charge in [0.05, 0.1) is 51.7 Å². The predicted molar refractivity (Wildman–Crippen MR) is 125 cm³/mol. The van der Waals surface area contributed by atoms with Crippen molar-refractivity contribution in [3.8, 4) is 23.0 Å². The second kappa shape index (κ2) is 10.9. The zero-order valence-corrected chi connectivity index (χ0v) is 19.9. The number of carbonyl (C=O) groups is 2. The van der Waals surface area contributed by atoms with Crippen LogP contribution in [0.2, 0.25) is 0 Å². The maximum absolute atomic E-state index is 13.2. The molecule has 1 heterocycles. The fraction of sp³-hybridized carbons (Fsp3) is 0.360. The summed E-state index contributed by atoms with van der Waals surface area (Å²) in [7, 11) is 5.95.